The van der Waals surface area contributed by atoms with E-state index in [1.807, 2.05) is 0 Å². The van der Waals surface area contributed by atoms with Crippen molar-refractivity contribution in [2.24, 2.45) is 5.92 Å². The van der Waals surface area contributed by atoms with Crippen molar-refractivity contribution in [2.75, 3.05) is 0 Å². The molecule has 2 unspecified atom stereocenters. The smallest absolute Gasteiger partial charge is 0.0701 e. The van der Waals surface area contributed by atoms with Gasteiger partial charge < -0.3 is 0 Å². The summed E-state index contributed by atoms with van der Waals surface area (Å²) < 4.78 is 1.15. The van der Waals surface area contributed by atoms with Gasteiger partial charge in [-0.15, -0.1) is 11.3 Å². The van der Waals surface area contributed by atoms with Crippen LogP contribution < -0.4 is 0 Å². The van der Waals surface area contributed by atoms with E-state index in [1.165, 1.54) is 4.88 Å². The van der Waals surface area contributed by atoms with Crippen molar-refractivity contribution in [3.63, 3.8) is 0 Å². The molecule has 0 aliphatic heterocycles. The maximum Gasteiger partial charge on any atom is 0.0701 e. The summed E-state index contributed by atoms with van der Waals surface area (Å²) in [6.07, 6.45) is 1.02. The fraction of sp³-hybridized carbons (Fsp3) is 0.444. The summed E-state index contributed by atoms with van der Waals surface area (Å²) in [7, 11) is 0. The number of hydrogen-bond donors (Lipinski definition) is 0. The van der Waals surface area contributed by atoms with Crippen LogP contribution in [0.25, 0.3) is 0 Å². The number of nitriles is 1. The summed E-state index contributed by atoms with van der Waals surface area (Å²) in [6.45, 7) is 2.17. The van der Waals surface area contributed by atoms with Crippen molar-refractivity contribution in [3.8, 4) is 6.07 Å². The Morgan fingerprint density at radius 2 is 2.50 bits per heavy atom. The highest BCUT2D eigenvalue weighted by Crippen LogP contribution is 2.55. The van der Waals surface area contributed by atoms with Gasteiger partial charge in [-0.05, 0) is 34.5 Å². The van der Waals surface area contributed by atoms with Gasteiger partial charge in [-0.1, -0.05) is 6.92 Å². The molecule has 12 heavy (non-hydrogen) atoms. The van der Waals surface area contributed by atoms with Gasteiger partial charge in [-0.3, -0.25) is 0 Å². The van der Waals surface area contributed by atoms with Crippen molar-refractivity contribution in [2.45, 2.75) is 18.8 Å². The lowest BCUT2D eigenvalue weighted by Crippen LogP contribution is -1.99. The minimum Gasteiger partial charge on any atom is -0.198 e. The highest BCUT2D eigenvalue weighted by atomic mass is 79.9. The molecule has 1 saturated carbocycles. The monoisotopic (exact) mass is 241 g/mol. The highest BCUT2D eigenvalue weighted by Gasteiger charge is 2.52. The summed E-state index contributed by atoms with van der Waals surface area (Å²) in [5.74, 6) is 0.239. The van der Waals surface area contributed by atoms with E-state index in [2.05, 4.69) is 41.1 Å². The van der Waals surface area contributed by atoms with Crippen LogP contribution in [-0.4, -0.2) is 0 Å². The van der Waals surface area contributed by atoms with Crippen LogP contribution >= 0.6 is 27.3 Å². The maximum atomic E-state index is 8.75. The van der Waals surface area contributed by atoms with Crippen LogP contribution in [0.2, 0.25) is 0 Å². The Hall–Kier alpha value is -0.330. The standard InChI is InChI=1S/C9H8BrNS/c1-9(4-6(9)5-11)7-2-3-8(10)12-7/h2-3,6H,4H2,1H3. The van der Waals surface area contributed by atoms with E-state index in [1.54, 1.807) is 11.3 Å². The van der Waals surface area contributed by atoms with E-state index < -0.39 is 0 Å². The van der Waals surface area contributed by atoms with Crippen LogP contribution in [-0.2, 0) is 5.41 Å². The second kappa shape index (κ2) is 2.58. The molecule has 2 atom stereocenters. The van der Waals surface area contributed by atoms with Crippen LogP contribution in [0.15, 0.2) is 15.9 Å². The fourth-order valence-corrected chi connectivity index (χ4v) is 3.04. The first-order chi connectivity index (χ1) is 5.66. The molecule has 2 rings (SSSR count). The molecule has 3 heteroatoms. The molecule has 62 valence electrons. The second-order valence-electron chi connectivity index (χ2n) is 3.41. The van der Waals surface area contributed by atoms with Gasteiger partial charge >= 0.3 is 0 Å². The van der Waals surface area contributed by atoms with Crippen LogP contribution in [0.5, 0.6) is 0 Å². The molecule has 1 nitrogen and oxygen atoms in total. The van der Waals surface area contributed by atoms with E-state index in [-0.39, 0.29) is 11.3 Å². The largest absolute Gasteiger partial charge is 0.198 e. The zero-order chi connectivity index (χ0) is 8.77. The molecule has 0 saturated heterocycles. The maximum absolute atomic E-state index is 8.75. The molecule has 0 bridgehead atoms. The summed E-state index contributed by atoms with van der Waals surface area (Å²) in [5.41, 5.74) is 0.158. The average molecular weight is 242 g/mol. The third kappa shape index (κ3) is 1.10. The summed E-state index contributed by atoms with van der Waals surface area (Å²) >= 11 is 5.17. The molecule has 0 N–H and O–H groups in total. The zero-order valence-electron chi connectivity index (χ0n) is 6.67. The highest BCUT2D eigenvalue weighted by molar-refractivity contribution is 9.11. The van der Waals surface area contributed by atoms with Gasteiger partial charge in [0.25, 0.3) is 0 Å². The number of nitrogens with zero attached hydrogens (tertiary/aromatic N) is 1. The van der Waals surface area contributed by atoms with Crippen molar-refractivity contribution in [1.29, 1.82) is 5.26 Å². The fourth-order valence-electron chi connectivity index (χ4n) is 1.45. The quantitative estimate of drug-likeness (QED) is 0.741. The molecule has 0 spiro atoms. The lowest BCUT2D eigenvalue weighted by Gasteiger charge is -2.03. The average Bonchev–Trinajstić information content (AvgIpc) is 2.50. The van der Waals surface area contributed by atoms with Crippen molar-refractivity contribution in [1.82, 2.24) is 0 Å². The molecule has 0 amide bonds. The first-order valence-corrected chi connectivity index (χ1v) is 5.43. The Morgan fingerprint density at radius 3 is 2.92 bits per heavy atom. The molecule has 1 heterocycles. The number of hydrogen-bond acceptors (Lipinski definition) is 2. The van der Waals surface area contributed by atoms with Crippen LogP contribution in [0.1, 0.15) is 18.2 Å². The molecule has 1 aliphatic rings. The Kier molecular flexibility index (Phi) is 1.78. The van der Waals surface area contributed by atoms with Gasteiger partial charge in [0.2, 0.25) is 0 Å². The van der Waals surface area contributed by atoms with E-state index >= 15 is 0 Å². The molecule has 0 radical (unpaired) electrons. The molecular weight excluding hydrogens is 234 g/mol. The van der Waals surface area contributed by atoms with E-state index in [0.717, 1.165) is 10.2 Å². The number of thiophene rings is 1. The Balaban J connectivity index is 2.29. The third-order valence-electron chi connectivity index (χ3n) is 2.53. The molecular formula is C9H8BrNS. The first-order valence-electron chi connectivity index (χ1n) is 3.82. The molecule has 1 aromatic heterocycles. The predicted molar refractivity (Wildman–Crippen MR) is 53.1 cm³/mol. The SMILES string of the molecule is CC1(c2ccc(Br)s2)CC1C#N. The molecule has 0 aromatic carbocycles. The number of halogens is 1. The van der Waals surface area contributed by atoms with E-state index in [0.29, 0.717) is 0 Å². The van der Waals surface area contributed by atoms with Crippen molar-refractivity contribution >= 4 is 27.3 Å². The Labute approximate surface area is 84.2 Å². The van der Waals surface area contributed by atoms with Gasteiger partial charge in [0, 0.05) is 10.3 Å². The topological polar surface area (TPSA) is 23.8 Å². The minimum atomic E-state index is 0.158. The number of rotatable bonds is 1. The summed E-state index contributed by atoms with van der Waals surface area (Å²) in [4.78, 5) is 1.33. The molecule has 1 aliphatic carbocycles. The van der Waals surface area contributed by atoms with Crippen LogP contribution in [0.4, 0.5) is 0 Å². The van der Waals surface area contributed by atoms with E-state index in [4.69, 9.17) is 5.26 Å². The Bertz CT molecular complexity index is 352. The van der Waals surface area contributed by atoms with Gasteiger partial charge in [0.05, 0.1) is 15.8 Å². The lowest BCUT2D eigenvalue weighted by atomic mass is 10.1. The molecule has 1 fully saturated rings. The second-order valence-corrected chi connectivity index (χ2v) is 5.87. The van der Waals surface area contributed by atoms with Crippen molar-refractivity contribution in [3.05, 3.63) is 20.8 Å². The van der Waals surface area contributed by atoms with Gasteiger partial charge in [-0.25, -0.2) is 0 Å². The minimum absolute atomic E-state index is 0.158. The zero-order valence-corrected chi connectivity index (χ0v) is 9.08. The Morgan fingerprint density at radius 1 is 1.75 bits per heavy atom. The van der Waals surface area contributed by atoms with Gasteiger partial charge in [-0.2, -0.15) is 5.26 Å². The van der Waals surface area contributed by atoms with Gasteiger partial charge in [0.15, 0.2) is 0 Å². The van der Waals surface area contributed by atoms with E-state index in [9.17, 15) is 0 Å². The lowest BCUT2D eigenvalue weighted by molar-refractivity contribution is 0.760. The summed E-state index contributed by atoms with van der Waals surface area (Å²) in [6, 6.07) is 6.50. The van der Waals surface area contributed by atoms with Gasteiger partial charge in [0.1, 0.15) is 0 Å². The van der Waals surface area contributed by atoms with Crippen LogP contribution in [0, 0.1) is 17.2 Å². The first kappa shape index (κ1) is 8.28. The summed E-state index contributed by atoms with van der Waals surface area (Å²) in [5, 5.41) is 8.75. The molecule has 1 aromatic rings. The normalized spacial score (nSPS) is 32.9. The predicted octanol–water partition coefficient (Wildman–Crippen LogP) is 3.31. The van der Waals surface area contributed by atoms with Crippen molar-refractivity contribution < 1.29 is 0 Å². The third-order valence-corrected chi connectivity index (χ3v) is 4.43. The van der Waals surface area contributed by atoms with Crippen LogP contribution in [0.3, 0.4) is 0 Å².